The molecule has 0 aliphatic carbocycles. The quantitative estimate of drug-likeness (QED) is 0.790. The molecule has 1 amide bonds. The molecule has 7 nitrogen and oxygen atoms in total. The van der Waals surface area contributed by atoms with Gasteiger partial charge in [0.15, 0.2) is 6.04 Å². The molecule has 7 heteroatoms. The molecule has 1 aromatic carbocycles. The Morgan fingerprint density at radius 3 is 2.67 bits per heavy atom. The van der Waals surface area contributed by atoms with E-state index < -0.39 is 24.2 Å². The summed E-state index contributed by atoms with van der Waals surface area (Å²) in [5.74, 6) is -1.13. The third-order valence-corrected chi connectivity index (χ3v) is 3.16. The minimum atomic E-state index is -1.13. The van der Waals surface area contributed by atoms with E-state index in [1.54, 1.807) is 0 Å². The first-order valence-electron chi connectivity index (χ1n) is 6.44. The number of likely N-dealkylation sites (tertiary alicyclic amines) is 1. The maximum absolute atomic E-state index is 11.9. The van der Waals surface area contributed by atoms with E-state index in [4.69, 9.17) is 19.3 Å². The van der Waals surface area contributed by atoms with Gasteiger partial charge in [0.1, 0.15) is 19.5 Å². The molecule has 1 saturated heterocycles. The van der Waals surface area contributed by atoms with Crippen LogP contribution < -0.4 is 0 Å². The normalized spacial score (nSPS) is 20.7. The molecule has 0 radical (unpaired) electrons. The molecular weight excluding hydrogens is 278 g/mol. The second-order valence-corrected chi connectivity index (χ2v) is 4.59. The van der Waals surface area contributed by atoms with Gasteiger partial charge in [-0.15, -0.1) is 0 Å². The Morgan fingerprint density at radius 1 is 1.33 bits per heavy atom. The Hall–Kier alpha value is -2.12. The average molecular weight is 295 g/mol. The zero-order valence-electron chi connectivity index (χ0n) is 11.6. The zero-order chi connectivity index (χ0) is 15.2. The predicted octanol–water partition coefficient (Wildman–Crippen LogP) is 1.08. The van der Waals surface area contributed by atoms with Gasteiger partial charge in [0, 0.05) is 7.11 Å². The molecule has 2 atom stereocenters. The average Bonchev–Trinajstić information content (AvgIpc) is 2.44. The lowest BCUT2D eigenvalue weighted by molar-refractivity contribution is -0.176. The first-order valence-corrected chi connectivity index (χ1v) is 6.44. The first-order chi connectivity index (χ1) is 10.1. The highest BCUT2D eigenvalue weighted by molar-refractivity contribution is 5.83. The SMILES string of the molecule is COCO[C@@H]1CN(C(=O)OCc2ccccc2)[C@H]1C(=O)O. The molecular formula is C14H17NO6. The Bertz CT molecular complexity index is 491. The molecule has 1 aliphatic heterocycles. The minimum Gasteiger partial charge on any atom is -0.480 e. The van der Waals surface area contributed by atoms with Crippen LogP contribution in [-0.4, -0.2) is 54.7 Å². The maximum atomic E-state index is 11.9. The maximum Gasteiger partial charge on any atom is 0.411 e. The summed E-state index contributed by atoms with van der Waals surface area (Å²) < 4.78 is 15.0. The molecule has 0 unspecified atom stereocenters. The van der Waals surface area contributed by atoms with E-state index in [9.17, 15) is 9.59 Å². The van der Waals surface area contributed by atoms with Crippen molar-refractivity contribution in [2.75, 3.05) is 20.4 Å². The first kappa shape index (κ1) is 15.3. The highest BCUT2D eigenvalue weighted by Gasteiger charge is 2.48. The minimum absolute atomic E-state index is 0.0125. The molecule has 0 bridgehead atoms. The number of ether oxygens (including phenoxy) is 3. The van der Waals surface area contributed by atoms with Crippen LogP contribution in [0.3, 0.4) is 0 Å². The van der Waals surface area contributed by atoms with Crippen molar-refractivity contribution in [3.8, 4) is 0 Å². The van der Waals surface area contributed by atoms with Gasteiger partial charge in [-0.25, -0.2) is 9.59 Å². The van der Waals surface area contributed by atoms with Gasteiger partial charge in [-0.05, 0) is 5.56 Å². The van der Waals surface area contributed by atoms with Crippen molar-refractivity contribution in [1.29, 1.82) is 0 Å². The Labute approximate surface area is 122 Å². The van der Waals surface area contributed by atoms with Gasteiger partial charge >= 0.3 is 12.1 Å². The number of amides is 1. The van der Waals surface area contributed by atoms with Crippen LogP contribution in [0.2, 0.25) is 0 Å². The number of carboxylic acids is 1. The molecule has 114 valence electrons. The van der Waals surface area contributed by atoms with Crippen LogP contribution in [-0.2, 0) is 25.6 Å². The van der Waals surface area contributed by atoms with Gasteiger partial charge in [-0.1, -0.05) is 30.3 Å². The third kappa shape index (κ3) is 3.71. The van der Waals surface area contributed by atoms with Crippen molar-refractivity contribution in [3.63, 3.8) is 0 Å². The van der Waals surface area contributed by atoms with E-state index in [-0.39, 0.29) is 19.9 Å². The second-order valence-electron chi connectivity index (χ2n) is 4.59. The molecule has 0 spiro atoms. The van der Waals surface area contributed by atoms with E-state index >= 15 is 0 Å². The van der Waals surface area contributed by atoms with Crippen LogP contribution in [0.4, 0.5) is 4.79 Å². The number of aliphatic carboxylic acids is 1. The molecule has 1 aromatic rings. The van der Waals surface area contributed by atoms with Crippen molar-refractivity contribution in [3.05, 3.63) is 35.9 Å². The van der Waals surface area contributed by atoms with Gasteiger partial charge in [-0.3, -0.25) is 4.90 Å². The number of hydrogen-bond donors (Lipinski definition) is 1. The number of benzene rings is 1. The Balaban J connectivity index is 1.86. The summed E-state index contributed by atoms with van der Waals surface area (Å²) in [7, 11) is 1.44. The standard InChI is InChI=1S/C14H17NO6/c1-19-9-21-11-7-15(12(11)13(16)17)14(18)20-8-10-5-3-2-4-6-10/h2-6,11-12H,7-9H2,1H3,(H,16,17)/t11-,12-/m1/s1. The fourth-order valence-electron chi connectivity index (χ4n) is 2.05. The molecule has 1 N–H and O–H groups in total. The van der Waals surface area contributed by atoms with Crippen molar-refractivity contribution in [2.24, 2.45) is 0 Å². The van der Waals surface area contributed by atoms with Crippen LogP contribution in [0.25, 0.3) is 0 Å². The number of hydrogen-bond acceptors (Lipinski definition) is 5. The lowest BCUT2D eigenvalue weighted by Gasteiger charge is -2.43. The van der Waals surface area contributed by atoms with Crippen molar-refractivity contribution in [2.45, 2.75) is 18.8 Å². The number of rotatable bonds is 6. The highest BCUT2D eigenvalue weighted by atomic mass is 16.7. The number of nitrogens with zero attached hydrogens (tertiary/aromatic N) is 1. The molecule has 2 rings (SSSR count). The van der Waals surface area contributed by atoms with Gasteiger partial charge in [0.25, 0.3) is 0 Å². The van der Waals surface area contributed by atoms with Crippen LogP contribution in [0, 0.1) is 0 Å². The molecule has 0 saturated carbocycles. The van der Waals surface area contributed by atoms with E-state index in [0.717, 1.165) is 10.5 Å². The zero-order valence-corrected chi connectivity index (χ0v) is 11.6. The second kappa shape index (κ2) is 7.05. The number of carbonyl (C=O) groups is 2. The highest BCUT2D eigenvalue weighted by Crippen LogP contribution is 2.23. The van der Waals surface area contributed by atoms with Crippen LogP contribution in [0.15, 0.2) is 30.3 Å². The van der Waals surface area contributed by atoms with E-state index in [2.05, 4.69) is 0 Å². The smallest absolute Gasteiger partial charge is 0.411 e. The fraction of sp³-hybridized carbons (Fsp3) is 0.429. The van der Waals surface area contributed by atoms with Gasteiger partial charge < -0.3 is 19.3 Å². The van der Waals surface area contributed by atoms with Gasteiger partial charge in [0.05, 0.1) is 6.54 Å². The molecule has 1 heterocycles. The fourth-order valence-corrected chi connectivity index (χ4v) is 2.05. The summed E-state index contributed by atoms with van der Waals surface area (Å²) in [5.41, 5.74) is 0.838. The summed E-state index contributed by atoms with van der Waals surface area (Å²) in [6, 6.07) is 8.14. The Morgan fingerprint density at radius 2 is 2.05 bits per heavy atom. The largest absolute Gasteiger partial charge is 0.480 e. The molecule has 21 heavy (non-hydrogen) atoms. The molecule has 0 aromatic heterocycles. The summed E-state index contributed by atoms with van der Waals surface area (Å²) in [5, 5.41) is 9.14. The van der Waals surface area contributed by atoms with E-state index in [1.807, 2.05) is 30.3 Å². The number of methoxy groups -OCH3 is 1. The molecule has 1 aliphatic rings. The van der Waals surface area contributed by atoms with Gasteiger partial charge in [0.2, 0.25) is 0 Å². The number of carbonyl (C=O) groups excluding carboxylic acids is 1. The van der Waals surface area contributed by atoms with Crippen LogP contribution >= 0.6 is 0 Å². The van der Waals surface area contributed by atoms with Crippen LogP contribution in [0.5, 0.6) is 0 Å². The lowest BCUT2D eigenvalue weighted by atomic mass is 10.0. The van der Waals surface area contributed by atoms with Crippen LogP contribution in [0.1, 0.15) is 5.56 Å². The van der Waals surface area contributed by atoms with Gasteiger partial charge in [-0.2, -0.15) is 0 Å². The van der Waals surface area contributed by atoms with Crippen molar-refractivity contribution >= 4 is 12.1 Å². The topological polar surface area (TPSA) is 85.3 Å². The summed E-state index contributed by atoms with van der Waals surface area (Å²) in [6.07, 6.45) is -1.24. The van der Waals surface area contributed by atoms with E-state index in [0.29, 0.717) is 0 Å². The molecule has 1 fully saturated rings. The monoisotopic (exact) mass is 295 g/mol. The summed E-state index contributed by atoms with van der Waals surface area (Å²) >= 11 is 0. The predicted molar refractivity (Wildman–Crippen MR) is 71.5 cm³/mol. The van der Waals surface area contributed by atoms with Crippen molar-refractivity contribution in [1.82, 2.24) is 4.90 Å². The Kier molecular flexibility index (Phi) is 5.13. The summed E-state index contributed by atoms with van der Waals surface area (Å²) in [6.45, 7) is 0.265. The lowest BCUT2D eigenvalue weighted by Crippen LogP contribution is -2.66. The van der Waals surface area contributed by atoms with E-state index in [1.165, 1.54) is 7.11 Å². The van der Waals surface area contributed by atoms with Crippen molar-refractivity contribution < 1.29 is 28.9 Å². The third-order valence-electron chi connectivity index (χ3n) is 3.16. The number of carboxylic acid groups (broad SMARTS) is 1. The summed E-state index contributed by atoms with van der Waals surface area (Å²) in [4.78, 5) is 24.2.